The second kappa shape index (κ2) is 7.85. The van der Waals surface area contributed by atoms with Crippen LogP contribution in [0.15, 0.2) is 30.3 Å². The smallest absolute Gasteiger partial charge is 0.246 e. The second-order valence-corrected chi connectivity index (χ2v) is 4.80. The minimum Gasteiger partial charge on any atom is -0.338 e. The van der Waals surface area contributed by atoms with E-state index in [-0.39, 0.29) is 17.9 Å². The molecule has 1 atom stereocenters. The molecule has 0 saturated carbocycles. The Morgan fingerprint density at radius 1 is 1.38 bits per heavy atom. The number of benzene rings is 1. The Kier molecular flexibility index (Phi) is 6.15. The van der Waals surface area contributed by atoms with Gasteiger partial charge in [-0.1, -0.05) is 12.1 Å². The average Bonchev–Trinajstić information content (AvgIpc) is 2.45. The van der Waals surface area contributed by atoms with E-state index < -0.39 is 0 Å². The number of nitrogens with zero attached hydrogens (tertiary/aromatic N) is 2. The molecule has 0 aliphatic heterocycles. The van der Waals surface area contributed by atoms with Crippen LogP contribution in [-0.4, -0.2) is 29.8 Å². The fourth-order valence-corrected chi connectivity index (χ4v) is 1.65. The number of anilines is 1. The Hall–Kier alpha value is -2.61. The molecule has 0 unspecified atom stereocenters. The molecule has 0 heterocycles. The summed E-state index contributed by atoms with van der Waals surface area (Å²) < 4.78 is 0. The monoisotopic (exact) mass is 285 g/mol. The lowest BCUT2D eigenvalue weighted by atomic mass is 10.1. The van der Waals surface area contributed by atoms with E-state index in [2.05, 4.69) is 5.32 Å². The van der Waals surface area contributed by atoms with Gasteiger partial charge in [0.25, 0.3) is 0 Å². The van der Waals surface area contributed by atoms with Gasteiger partial charge < -0.3 is 10.2 Å². The first-order valence-corrected chi connectivity index (χ1v) is 6.63. The van der Waals surface area contributed by atoms with Gasteiger partial charge in [-0.05, 0) is 30.7 Å². The summed E-state index contributed by atoms with van der Waals surface area (Å²) in [4.78, 5) is 24.4. The number of rotatable bonds is 5. The molecule has 0 aliphatic rings. The number of hydrogen-bond acceptors (Lipinski definition) is 3. The molecule has 0 aliphatic carbocycles. The summed E-state index contributed by atoms with van der Waals surface area (Å²) in [6.45, 7) is 3.28. The van der Waals surface area contributed by atoms with Crippen molar-refractivity contribution in [2.45, 2.75) is 26.3 Å². The van der Waals surface area contributed by atoms with Gasteiger partial charge in [0.1, 0.15) is 0 Å². The van der Waals surface area contributed by atoms with Crippen LogP contribution >= 0.6 is 0 Å². The summed E-state index contributed by atoms with van der Waals surface area (Å²) in [5.41, 5.74) is 1.57. The first kappa shape index (κ1) is 16.4. The predicted molar refractivity (Wildman–Crippen MR) is 82.2 cm³/mol. The maximum atomic E-state index is 11.9. The molecule has 2 amide bonds. The first-order valence-electron chi connectivity index (χ1n) is 6.63. The molecular formula is C16H19N3O2. The minimum atomic E-state index is -0.149. The van der Waals surface area contributed by atoms with Crippen LogP contribution in [0.3, 0.4) is 0 Å². The van der Waals surface area contributed by atoms with Crippen LogP contribution < -0.4 is 5.32 Å². The maximum Gasteiger partial charge on any atom is 0.246 e. The van der Waals surface area contributed by atoms with Gasteiger partial charge in [0.05, 0.1) is 12.5 Å². The zero-order valence-electron chi connectivity index (χ0n) is 12.5. The lowest BCUT2D eigenvalue weighted by molar-refractivity contribution is -0.126. The van der Waals surface area contributed by atoms with Gasteiger partial charge in [-0.25, -0.2) is 0 Å². The number of amides is 2. The molecule has 0 bridgehead atoms. The van der Waals surface area contributed by atoms with E-state index in [0.29, 0.717) is 12.1 Å². The van der Waals surface area contributed by atoms with Crippen molar-refractivity contribution in [3.63, 3.8) is 0 Å². The van der Waals surface area contributed by atoms with Gasteiger partial charge in [-0.15, -0.1) is 0 Å². The van der Waals surface area contributed by atoms with Gasteiger partial charge in [0, 0.05) is 31.8 Å². The highest BCUT2D eigenvalue weighted by molar-refractivity contribution is 5.92. The van der Waals surface area contributed by atoms with E-state index in [0.717, 1.165) is 5.56 Å². The fraction of sp³-hybridized carbons (Fsp3) is 0.312. The third-order valence-corrected chi connectivity index (χ3v) is 3.04. The van der Waals surface area contributed by atoms with E-state index in [4.69, 9.17) is 5.26 Å². The highest BCUT2D eigenvalue weighted by Gasteiger charge is 2.12. The summed E-state index contributed by atoms with van der Waals surface area (Å²) in [6.07, 6.45) is 3.48. The van der Waals surface area contributed by atoms with Crippen molar-refractivity contribution in [1.29, 1.82) is 5.26 Å². The van der Waals surface area contributed by atoms with Crippen molar-refractivity contribution in [2.24, 2.45) is 0 Å². The Balaban J connectivity index is 2.66. The molecule has 5 nitrogen and oxygen atoms in total. The number of likely N-dealkylation sites (N-methyl/N-ethyl adjacent to an activating group) is 1. The number of nitriles is 1. The van der Waals surface area contributed by atoms with Crippen molar-refractivity contribution >= 4 is 23.6 Å². The van der Waals surface area contributed by atoms with Gasteiger partial charge >= 0.3 is 0 Å². The Morgan fingerprint density at radius 3 is 2.52 bits per heavy atom. The molecule has 0 aromatic heterocycles. The summed E-state index contributed by atoms with van der Waals surface area (Å²) in [6, 6.07) is 9.10. The third-order valence-electron chi connectivity index (χ3n) is 3.04. The van der Waals surface area contributed by atoms with Gasteiger partial charge in [-0.3, -0.25) is 9.59 Å². The SMILES string of the molecule is CC(=O)Nc1ccc(/C=C\C(=O)N(C)[C@@H](C)CC#N)cc1. The van der Waals surface area contributed by atoms with Gasteiger partial charge in [-0.2, -0.15) is 5.26 Å². The molecule has 0 saturated heterocycles. The van der Waals surface area contributed by atoms with Crippen LogP contribution in [0.5, 0.6) is 0 Å². The zero-order chi connectivity index (χ0) is 15.8. The second-order valence-electron chi connectivity index (χ2n) is 4.80. The lowest BCUT2D eigenvalue weighted by Crippen LogP contribution is -2.33. The topological polar surface area (TPSA) is 73.2 Å². The molecule has 0 radical (unpaired) electrons. The van der Waals surface area contributed by atoms with E-state index in [1.807, 2.05) is 25.1 Å². The maximum absolute atomic E-state index is 11.9. The van der Waals surface area contributed by atoms with Crippen LogP contribution in [0.2, 0.25) is 0 Å². The molecule has 110 valence electrons. The number of nitrogens with one attached hydrogen (secondary N) is 1. The summed E-state index contributed by atoms with van der Waals surface area (Å²) >= 11 is 0. The van der Waals surface area contributed by atoms with Crippen molar-refractivity contribution < 1.29 is 9.59 Å². The molecule has 0 fully saturated rings. The average molecular weight is 285 g/mol. The molecule has 1 aromatic rings. The number of hydrogen-bond donors (Lipinski definition) is 1. The molecule has 21 heavy (non-hydrogen) atoms. The third kappa shape index (κ3) is 5.49. The fourth-order valence-electron chi connectivity index (χ4n) is 1.65. The van der Waals surface area contributed by atoms with Crippen LogP contribution in [0.25, 0.3) is 6.08 Å². The molecule has 1 N–H and O–H groups in total. The van der Waals surface area contributed by atoms with E-state index >= 15 is 0 Å². The van der Waals surface area contributed by atoms with Crippen molar-refractivity contribution in [3.05, 3.63) is 35.9 Å². The van der Waals surface area contributed by atoms with Crippen LogP contribution in [0, 0.1) is 11.3 Å². The van der Waals surface area contributed by atoms with Gasteiger partial charge in [0.15, 0.2) is 0 Å². The molecule has 5 heteroatoms. The normalized spacial score (nSPS) is 11.7. The minimum absolute atomic E-state index is 0.116. The van der Waals surface area contributed by atoms with Gasteiger partial charge in [0.2, 0.25) is 11.8 Å². The quantitative estimate of drug-likeness (QED) is 0.844. The molecule has 1 aromatic carbocycles. The lowest BCUT2D eigenvalue weighted by Gasteiger charge is -2.21. The molecular weight excluding hydrogens is 266 g/mol. The Morgan fingerprint density at radius 2 is 2.00 bits per heavy atom. The summed E-state index contributed by atoms with van der Waals surface area (Å²) in [5.74, 6) is -0.273. The van der Waals surface area contributed by atoms with E-state index in [9.17, 15) is 9.59 Å². The van der Waals surface area contributed by atoms with Crippen molar-refractivity contribution in [2.75, 3.05) is 12.4 Å². The van der Waals surface area contributed by atoms with Crippen LogP contribution in [0.1, 0.15) is 25.8 Å². The standard InChI is InChI=1S/C16H19N3O2/c1-12(10-11-17)19(3)16(21)9-6-14-4-7-15(8-5-14)18-13(2)20/h4-9,12H,10H2,1-3H3,(H,18,20)/b9-6-/t12-/m0/s1. The number of carbonyl (C=O) groups excluding carboxylic acids is 2. The van der Waals surface area contributed by atoms with Crippen molar-refractivity contribution in [1.82, 2.24) is 4.90 Å². The highest BCUT2D eigenvalue weighted by Crippen LogP contribution is 2.11. The molecule has 0 spiro atoms. The first-order chi connectivity index (χ1) is 9.93. The largest absolute Gasteiger partial charge is 0.338 e. The predicted octanol–water partition coefficient (Wildman–Crippen LogP) is 2.42. The van der Waals surface area contributed by atoms with Crippen molar-refractivity contribution in [3.8, 4) is 6.07 Å². The van der Waals surface area contributed by atoms with Crippen LogP contribution in [0.4, 0.5) is 5.69 Å². The zero-order valence-corrected chi connectivity index (χ0v) is 12.5. The Labute approximate surface area is 124 Å². The summed E-state index contributed by atoms with van der Waals surface area (Å²) in [5, 5.41) is 11.3. The number of carbonyl (C=O) groups is 2. The van der Waals surface area contributed by atoms with E-state index in [1.165, 1.54) is 17.9 Å². The summed E-state index contributed by atoms with van der Waals surface area (Å²) in [7, 11) is 1.68. The Bertz CT molecular complexity index is 570. The highest BCUT2D eigenvalue weighted by atomic mass is 16.2. The van der Waals surface area contributed by atoms with Crippen LogP contribution in [-0.2, 0) is 9.59 Å². The van der Waals surface area contributed by atoms with E-state index in [1.54, 1.807) is 25.3 Å². The molecule has 1 rings (SSSR count).